The number of nitrogens with zero attached hydrogens (tertiary/aromatic N) is 4. The Morgan fingerprint density at radius 1 is 1.03 bits per heavy atom. The Morgan fingerprint density at radius 2 is 1.80 bits per heavy atom. The minimum absolute atomic E-state index is 0.0438. The van der Waals surface area contributed by atoms with Gasteiger partial charge >= 0.3 is 0 Å². The number of aromatic nitrogens is 1. The second kappa shape index (κ2) is 8.26. The van der Waals surface area contributed by atoms with Crippen molar-refractivity contribution in [1.29, 1.82) is 0 Å². The molecular weight excluding hydrogens is 382 g/mol. The Kier molecular flexibility index (Phi) is 5.33. The third-order valence-corrected chi connectivity index (χ3v) is 6.76. The normalized spacial score (nSPS) is 22.5. The molecular formula is C22H29N5O3. The summed E-state index contributed by atoms with van der Waals surface area (Å²) in [4.78, 5) is 35.5. The number of benzene rings is 1. The highest BCUT2D eigenvalue weighted by molar-refractivity contribution is 5.87. The molecule has 8 nitrogen and oxygen atoms in total. The van der Waals surface area contributed by atoms with Gasteiger partial charge in [-0.05, 0) is 50.9 Å². The monoisotopic (exact) mass is 411 g/mol. The van der Waals surface area contributed by atoms with Crippen LogP contribution in [0.5, 0.6) is 0 Å². The highest BCUT2D eigenvalue weighted by Gasteiger charge is 2.34. The summed E-state index contributed by atoms with van der Waals surface area (Å²) in [5, 5.41) is 2.79. The second-order valence-corrected chi connectivity index (χ2v) is 8.60. The fourth-order valence-electron chi connectivity index (χ4n) is 5.01. The molecule has 0 unspecified atom stereocenters. The molecule has 3 saturated heterocycles. The lowest BCUT2D eigenvalue weighted by Crippen LogP contribution is -2.53. The smallest absolute Gasteiger partial charge is 0.298 e. The van der Waals surface area contributed by atoms with Crippen molar-refractivity contribution in [3.05, 3.63) is 24.3 Å². The van der Waals surface area contributed by atoms with Gasteiger partial charge in [0.25, 0.3) is 6.01 Å². The summed E-state index contributed by atoms with van der Waals surface area (Å²) in [5.41, 5.74) is 1.75. The van der Waals surface area contributed by atoms with Gasteiger partial charge in [-0.1, -0.05) is 12.1 Å². The average molecular weight is 412 g/mol. The number of nitrogens with one attached hydrogen (secondary N) is 1. The topological polar surface area (TPSA) is 81.9 Å². The van der Waals surface area contributed by atoms with Crippen molar-refractivity contribution < 1.29 is 14.0 Å². The summed E-state index contributed by atoms with van der Waals surface area (Å²) in [6.07, 6.45) is 3.96. The van der Waals surface area contributed by atoms with Crippen molar-refractivity contribution in [2.45, 2.75) is 31.7 Å². The first kappa shape index (κ1) is 19.4. The van der Waals surface area contributed by atoms with Gasteiger partial charge in [0.15, 0.2) is 5.58 Å². The zero-order chi connectivity index (χ0) is 20.5. The maximum absolute atomic E-state index is 12.8. The van der Waals surface area contributed by atoms with Crippen LogP contribution in [0.1, 0.15) is 25.7 Å². The van der Waals surface area contributed by atoms with Crippen LogP contribution in [0.15, 0.2) is 28.7 Å². The van der Waals surface area contributed by atoms with Crippen molar-refractivity contribution in [2.24, 2.45) is 5.92 Å². The predicted octanol–water partition coefficient (Wildman–Crippen LogP) is 1.47. The molecule has 2 aromatic rings. The Hall–Kier alpha value is -2.61. The van der Waals surface area contributed by atoms with Crippen LogP contribution in [-0.2, 0) is 9.59 Å². The Balaban J connectivity index is 1.11. The molecule has 0 spiro atoms. The molecule has 160 valence electrons. The van der Waals surface area contributed by atoms with E-state index in [0.717, 1.165) is 69.0 Å². The van der Waals surface area contributed by atoms with Crippen LogP contribution in [0.3, 0.4) is 0 Å². The molecule has 3 aliphatic heterocycles. The third-order valence-electron chi connectivity index (χ3n) is 6.76. The minimum Gasteiger partial charge on any atom is -0.423 e. The molecule has 4 heterocycles. The number of amides is 2. The highest BCUT2D eigenvalue weighted by Crippen LogP contribution is 2.28. The minimum atomic E-state index is -0.0438. The first-order chi connectivity index (χ1) is 14.7. The molecule has 3 aliphatic rings. The summed E-state index contributed by atoms with van der Waals surface area (Å²) >= 11 is 0. The standard InChI is InChI=1S/C22H29N5O3/c28-20-15-27(14-9-23-20)21(29)16-5-10-25(11-6-16)17-7-12-26(13-8-17)22-24-18-3-1-2-4-19(18)30-22/h1-4,16-17H,5-15H2,(H,23,28). The summed E-state index contributed by atoms with van der Waals surface area (Å²) < 4.78 is 5.92. The average Bonchev–Trinajstić information content (AvgIpc) is 3.23. The molecule has 3 fully saturated rings. The maximum Gasteiger partial charge on any atom is 0.298 e. The Bertz CT molecular complexity index is 879. The lowest BCUT2D eigenvalue weighted by Gasteiger charge is -2.42. The van der Waals surface area contributed by atoms with E-state index in [-0.39, 0.29) is 24.3 Å². The second-order valence-electron chi connectivity index (χ2n) is 8.60. The van der Waals surface area contributed by atoms with E-state index >= 15 is 0 Å². The fourth-order valence-corrected chi connectivity index (χ4v) is 5.01. The van der Waals surface area contributed by atoms with Crippen molar-refractivity contribution in [3.8, 4) is 0 Å². The van der Waals surface area contributed by atoms with Crippen molar-refractivity contribution in [3.63, 3.8) is 0 Å². The first-order valence-corrected chi connectivity index (χ1v) is 11.1. The Morgan fingerprint density at radius 3 is 2.53 bits per heavy atom. The molecule has 1 aromatic carbocycles. The summed E-state index contributed by atoms with van der Waals surface area (Å²) in [6, 6.07) is 9.18. The SMILES string of the molecule is O=C1CN(C(=O)C2CCN(C3CCN(c4nc5ccccc5o4)CC3)CC2)CCN1. The molecule has 5 rings (SSSR count). The van der Waals surface area contributed by atoms with Gasteiger partial charge in [-0.15, -0.1) is 0 Å². The molecule has 1 N–H and O–H groups in total. The molecule has 1 aromatic heterocycles. The van der Waals surface area contributed by atoms with Crippen LogP contribution >= 0.6 is 0 Å². The first-order valence-electron chi connectivity index (χ1n) is 11.1. The largest absolute Gasteiger partial charge is 0.423 e. The van der Waals surface area contributed by atoms with Gasteiger partial charge in [-0.25, -0.2) is 0 Å². The quantitative estimate of drug-likeness (QED) is 0.824. The van der Waals surface area contributed by atoms with E-state index in [9.17, 15) is 9.59 Å². The van der Waals surface area contributed by atoms with E-state index in [1.54, 1.807) is 4.90 Å². The number of piperazine rings is 1. The summed E-state index contributed by atoms with van der Waals surface area (Å²) in [5.74, 6) is 0.181. The molecule has 0 atom stereocenters. The number of anilines is 1. The van der Waals surface area contributed by atoms with Crippen LogP contribution < -0.4 is 10.2 Å². The summed E-state index contributed by atoms with van der Waals surface area (Å²) in [7, 11) is 0. The van der Waals surface area contributed by atoms with Crippen molar-refractivity contribution in [1.82, 2.24) is 20.1 Å². The van der Waals surface area contributed by atoms with Gasteiger partial charge in [0.1, 0.15) is 5.52 Å². The van der Waals surface area contributed by atoms with Gasteiger partial charge in [-0.2, -0.15) is 4.98 Å². The lowest BCUT2D eigenvalue weighted by molar-refractivity contribution is -0.142. The number of piperidine rings is 2. The molecule has 2 amide bonds. The number of rotatable bonds is 3. The zero-order valence-corrected chi connectivity index (χ0v) is 17.3. The Labute approximate surface area is 176 Å². The number of oxazole rings is 1. The van der Waals surface area contributed by atoms with E-state index < -0.39 is 0 Å². The van der Waals surface area contributed by atoms with Crippen molar-refractivity contribution in [2.75, 3.05) is 50.7 Å². The number of hydrogen-bond acceptors (Lipinski definition) is 6. The maximum atomic E-state index is 12.8. The number of likely N-dealkylation sites (tertiary alicyclic amines) is 1. The van der Waals surface area contributed by atoms with Crippen LogP contribution in [0.2, 0.25) is 0 Å². The molecule has 0 bridgehead atoms. The molecule has 30 heavy (non-hydrogen) atoms. The number of fused-ring (bicyclic) bond motifs is 1. The summed E-state index contributed by atoms with van der Waals surface area (Å²) in [6.45, 7) is 5.24. The van der Waals surface area contributed by atoms with E-state index in [0.29, 0.717) is 19.1 Å². The molecule has 0 radical (unpaired) electrons. The van der Waals surface area contributed by atoms with Gasteiger partial charge in [0.05, 0.1) is 6.54 Å². The number of carbonyl (C=O) groups excluding carboxylic acids is 2. The van der Waals surface area contributed by atoms with Gasteiger partial charge in [-0.3, -0.25) is 9.59 Å². The predicted molar refractivity (Wildman–Crippen MR) is 113 cm³/mol. The molecule has 0 aliphatic carbocycles. The van der Waals surface area contributed by atoms with Crippen LogP contribution in [0.25, 0.3) is 11.1 Å². The van der Waals surface area contributed by atoms with Gasteiger partial charge < -0.3 is 24.4 Å². The highest BCUT2D eigenvalue weighted by atomic mass is 16.4. The number of para-hydroxylation sites is 2. The van der Waals surface area contributed by atoms with Crippen molar-refractivity contribution >= 4 is 28.9 Å². The van der Waals surface area contributed by atoms with Crippen LogP contribution in [0, 0.1) is 5.92 Å². The molecule has 0 saturated carbocycles. The molecule has 8 heteroatoms. The zero-order valence-electron chi connectivity index (χ0n) is 17.3. The van der Waals surface area contributed by atoms with Crippen LogP contribution in [0.4, 0.5) is 6.01 Å². The fraction of sp³-hybridized carbons (Fsp3) is 0.591. The van der Waals surface area contributed by atoms with E-state index in [4.69, 9.17) is 4.42 Å². The van der Waals surface area contributed by atoms with E-state index in [2.05, 4.69) is 20.1 Å². The number of hydrogen-bond donors (Lipinski definition) is 1. The van der Waals surface area contributed by atoms with Gasteiger partial charge in [0, 0.05) is 38.1 Å². The number of carbonyl (C=O) groups is 2. The third kappa shape index (κ3) is 3.88. The van der Waals surface area contributed by atoms with Gasteiger partial charge in [0.2, 0.25) is 11.8 Å². The van der Waals surface area contributed by atoms with E-state index in [1.165, 1.54) is 0 Å². The van der Waals surface area contributed by atoms with E-state index in [1.807, 2.05) is 24.3 Å². The van der Waals surface area contributed by atoms with Crippen LogP contribution in [-0.4, -0.2) is 78.5 Å². The lowest BCUT2D eigenvalue weighted by atomic mass is 9.92.